The number of nitrogens with one attached hydrogen (secondary N) is 1. The molecule has 21 heavy (non-hydrogen) atoms. The van der Waals surface area contributed by atoms with Crippen molar-refractivity contribution in [3.05, 3.63) is 33.9 Å². The van der Waals surface area contributed by atoms with Crippen molar-refractivity contribution in [2.75, 3.05) is 11.9 Å². The molecule has 8 heteroatoms. The average molecular weight is 306 g/mol. The average Bonchev–Trinajstić information content (AvgIpc) is 2.36. The van der Waals surface area contributed by atoms with Gasteiger partial charge >= 0.3 is 6.18 Å². The van der Waals surface area contributed by atoms with E-state index in [1.165, 1.54) is 0 Å². The Balaban J connectivity index is 3.09. The van der Waals surface area contributed by atoms with Crippen LogP contribution in [0.3, 0.4) is 0 Å². The molecule has 0 aliphatic rings. The van der Waals surface area contributed by atoms with Gasteiger partial charge in [0.15, 0.2) is 0 Å². The fourth-order valence-corrected chi connectivity index (χ4v) is 1.95. The Morgan fingerprint density at radius 2 is 2.00 bits per heavy atom. The molecular formula is C13H17F3N2O3. The Hall–Kier alpha value is -1.83. The number of anilines is 1. The van der Waals surface area contributed by atoms with Crippen molar-refractivity contribution in [2.45, 2.75) is 32.5 Å². The normalized spacial score (nSPS) is 13.3. The zero-order valence-corrected chi connectivity index (χ0v) is 11.6. The highest BCUT2D eigenvalue weighted by Crippen LogP contribution is 2.35. The predicted molar refractivity (Wildman–Crippen MR) is 72.0 cm³/mol. The molecule has 0 aromatic heterocycles. The van der Waals surface area contributed by atoms with E-state index in [0.29, 0.717) is 12.5 Å². The van der Waals surface area contributed by atoms with Crippen LogP contribution in [-0.4, -0.2) is 22.7 Å². The molecule has 1 atom stereocenters. The van der Waals surface area contributed by atoms with Crippen molar-refractivity contribution in [1.82, 2.24) is 0 Å². The number of nitrogens with zero attached hydrogens (tertiary/aromatic N) is 1. The summed E-state index contributed by atoms with van der Waals surface area (Å²) in [5.74, 6) is 0.225. The molecule has 118 valence electrons. The molecule has 0 bridgehead atoms. The second-order valence-corrected chi connectivity index (χ2v) is 5.14. The van der Waals surface area contributed by atoms with Gasteiger partial charge < -0.3 is 10.4 Å². The zero-order valence-electron chi connectivity index (χ0n) is 11.6. The first-order valence-electron chi connectivity index (χ1n) is 6.38. The number of nitro benzene ring substituents is 1. The largest absolute Gasteiger partial charge is 0.416 e. The first-order chi connectivity index (χ1) is 9.65. The molecule has 0 heterocycles. The first-order valence-corrected chi connectivity index (χ1v) is 6.38. The molecule has 0 fully saturated rings. The van der Waals surface area contributed by atoms with Gasteiger partial charge in [-0.3, -0.25) is 10.1 Å². The Morgan fingerprint density at radius 1 is 1.38 bits per heavy atom. The van der Waals surface area contributed by atoms with Crippen LogP contribution in [0.15, 0.2) is 18.2 Å². The molecule has 2 N–H and O–H groups in total. The van der Waals surface area contributed by atoms with E-state index in [9.17, 15) is 28.4 Å². The maximum absolute atomic E-state index is 12.6. The topological polar surface area (TPSA) is 75.4 Å². The van der Waals surface area contributed by atoms with Crippen molar-refractivity contribution in [3.8, 4) is 0 Å². The minimum atomic E-state index is -4.64. The molecule has 0 saturated heterocycles. The van der Waals surface area contributed by atoms with Crippen molar-refractivity contribution >= 4 is 11.4 Å². The van der Waals surface area contributed by atoms with Crippen molar-refractivity contribution < 1.29 is 23.2 Å². The summed E-state index contributed by atoms with van der Waals surface area (Å²) in [5.41, 5.74) is -1.77. The predicted octanol–water partition coefficient (Wildman–Crippen LogP) is 3.43. The lowest BCUT2D eigenvalue weighted by molar-refractivity contribution is -0.384. The van der Waals surface area contributed by atoms with Crippen LogP contribution in [0.4, 0.5) is 24.5 Å². The fourth-order valence-electron chi connectivity index (χ4n) is 1.95. The first kappa shape index (κ1) is 17.2. The molecule has 1 rings (SSSR count). The van der Waals surface area contributed by atoms with Crippen LogP contribution in [0.1, 0.15) is 25.8 Å². The number of nitro groups is 1. The van der Waals surface area contributed by atoms with Gasteiger partial charge in [-0.1, -0.05) is 13.8 Å². The summed E-state index contributed by atoms with van der Waals surface area (Å²) in [7, 11) is 0. The number of aliphatic hydroxyl groups is 1. The lowest BCUT2D eigenvalue weighted by atomic mass is 10.0. The number of hydrogen-bond acceptors (Lipinski definition) is 4. The van der Waals surface area contributed by atoms with Gasteiger partial charge in [0, 0.05) is 12.1 Å². The molecule has 0 radical (unpaired) electrons. The van der Waals surface area contributed by atoms with Gasteiger partial charge in [-0.15, -0.1) is 0 Å². The SMILES string of the molecule is CC(C)CC(CO)Nc1ccc(C(F)(F)F)cc1[N+](=O)[O-]. The maximum Gasteiger partial charge on any atom is 0.416 e. The van der Waals surface area contributed by atoms with E-state index < -0.39 is 28.4 Å². The van der Waals surface area contributed by atoms with E-state index in [-0.39, 0.29) is 18.2 Å². The van der Waals surface area contributed by atoms with Gasteiger partial charge in [0.05, 0.1) is 17.1 Å². The summed E-state index contributed by atoms with van der Waals surface area (Å²) in [6.45, 7) is 3.55. The minimum Gasteiger partial charge on any atom is -0.394 e. The van der Waals surface area contributed by atoms with Crippen LogP contribution in [0, 0.1) is 16.0 Å². The summed E-state index contributed by atoms with van der Waals surface area (Å²) in [6.07, 6.45) is -4.10. The molecule has 1 unspecified atom stereocenters. The third kappa shape index (κ3) is 4.89. The van der Waals surface area contributed by atoms with Gasteiger partial charge in [0.1, 0.15) is 5.69 Å². The minimum absolute atomic E-state index is 0.0345. The van der Waals surface area contributed by atoms with Gasteiger partial charge in [-0.25, -0.2) is 0 Å². The number of alkyl halides is 3. The smallest absolute Gasteiger partial charge is 0.394 e. The highest BCUT2D eigenvalue weighted by Gasteiger charge is 2.33. The third-order valence-corrected chi connectivity index (χ3v) is 2.86. The van der Waals surface area contributed by atoms with E-state index >= 15 is 0 Å². The summed E-state index contributed by atoms with van der Waals surface area (Å²) < 4.78 is 37.7. The van der Waals surface area contributed by atoms with Gasteiger partial charge in [-0.2, -0.15) is 13.2 Å². The molecule has 1 aromatic carbocycles. The Kier molecular flexibility index (Phi) is 5.54. The van der Waals surface area contributed by atoms with Crippen LogP contribution in [0.2, 0.25) is 0 Å². The second-order valence-electron chi connectivity index (χ2n) is 5.14. The van der Waals surface area contributed by atoms with Crippen LogP contribution >= 0.6 is 0 Å². The number of benzene rings is 1. The maximum atomic E-state index is 12.6. The second kappa shape index (κ2) is 6.75. The molecule has 0 saturated carbocycles. The molecule has 0 aliphatic heterocycles. The lowest BCUT2D eigenvalue weighted by Gasteiger charge is -2.19. The number of hydrogen-bond donors (Lipinski definition) is 2. The van der Waals surface area contributed by atoms with E-state index in [1.54, 1.807) is 0 Å². The monoisotopic (exact) mass is 306 g/mol. The Bertz CT molecular complexity index is 504. The van der Waals surface area contributed by atoms with Crippen LogP contribution in [0.25, 0.3) is 0 Å². The molecule has 0 spiro atoms. The van der Waals surface area contributed by atoms with Crippen molar-refractivity contribution in [3.63, 3.8) is 0 Å². The fraction of sp³-hybridized carbons (Fsp3) is 0.538. The van der Waals surface area contributed by atoms with Crippen LogP contribution < -0.4 is 5.32 Å². The molecular weight excluding hydrogens is 289 g/mol. The van der Waals surface area contributed by atoms with Crippen LogP contribution in [0.5, 0.6) is 0 Å². The summed E-state index contributed by atoms with van der Waals surface area (Å²) in [4.78, 5) is 10.1. The van der Waals surface area contributed by atoms with E-state index in [2.05, 4.69) is 5.32 Å². The van der Waals surface area contributed by atoms with Gasteiger partial charge in [0.25, 0.3) is 5.69 Å². The molecule has 0 aliphatic carbocycles. The molecule has 0 amide bonds. The number of aliphatic hydroxyl groups excluding tert-OH is 1. The van der Waals surface area contributed by atoms with Crippen molar-refractivity contribution in [1.29, 1.82) is 0 Å². The van der Waals surface area contributed by atoms with Crippen molar-refractivity contribution in [2.24, 2.45) is 5.92 Å². The van der Waals surface area contributed by atoms with Gasteiger partial charge in [0.2, 0.25) is 0 Å². The zero-order chi connectivity index (χ0) is 16.2. The van der Waals surface area contributed by atoms with E-state index in [1.807, 2.05) is 13.8 Å². The quantitative estimate of drug-likeness (QED) is 0.623. The summed E-state index contributed by atoms with van der Waals surface area (Å²) >= 11 is 0. The van der Waals surface area contributed by atoms with Crippen LogP contribution in [-0.2, 0) is 6.18 Å². The van der Waals surface area contributed by atoms with E-state index in [0.717, 1.165) is 12.1 Å². The van der Waals surface area contributed by atoms with Gasteiger partial charge in [-0.05, 0) is 24.5 Å². The highest BCUT2D eigenvalue weighted by atomic mass is 19.4. The Morgan fingerprint density at radius 3 is 2.43 bits per heavy atom. The number of halogens is 3. The number of rotatable bonds is 6. The molecule has 1 aromatic rings. The van der Waals surface area contributed by atoms with E-state index in [4.69, 9.17) is 0 Å². The molecule has 5 nitrogen and oxygen atoms in total. The summed E-state index contributed by atoms with van der Waals surface area (Å²) in [6, 6.07) is 1.83. The summed E-state index contributed by atoms with van der Waals surface area (Å²) in [5, 5.41) is 22.9. The Labute approximate surface area is 119 Å². The standard InChI is InChI=1S/C13H17F3N2O3/c1-8(2)5-10(7-19)17-11-4-3-9(13(14,15)16)6-12(11)18(20)21/h3-4,6,8,10,17,19H,5,7H2,1-2H3. The highest BCUT2D eigenvalue weighted by molar-refractivity contribution is 5.63. The lowest BCUT2D eigenvalue weighted by Crippen LogP contribution is -2.26. The third-order valence-electron chi connectivity index (χ3n) is 2.86.